The van der Waals surface area contributed by atoms with Crippen molar-refractivity contribution >= 4 is 47.1 Å². The van der Waals surface area contributed by atoms with Crippen LogP contribution in [0.1, 0.15) is 52.0 Å². The third kappa shape index (κ3) is 13.5. The summed E-state index contributed by atoms with van der Waals surface area (Å²) in [5.74, 6) is -2.74. The van der Waals surface area contributed by atoms with Crippen LogP contribution in [0, 0.1) is 11.3 Å². The molecule has 0 aliphatic carbocycles. The van der Waals surface area contributed by atoms with Crippen molar-refractivity contribution in [3.8, 4) is 0 Å². The van der Waals surface area contributed by atoms with E-state index in [1.807, 2.05) is 0 Å². The molecule has 0 unspecified atom stereocenters. The number of rotatable bonds is 17. The normalized spacial score (nSPS) is 12.7. The molecule has 0 bridgehead atoms. The molecule has 3 atom stereocenters. The summed E-state index contributed by atoms with van der Waals surface area (Å²) < 4.78 is 0. The van der Waals surface area contributed by atoms with E-state index in [9.17, 15) is 19.2 Å². The highest BCUT2D eigenvalue weighted by Crippen LogP contribution is 2.12. The van der Waals surface area contributed by atoms with E-state index in [0.29, 0.717) is 24.1 Å². The van der Waals surface area contributed by atoms with E-state index in [4.69, 9.17) is 34.1 Å². The minimum atomic E-state index is -1.02. The summed E-state index contributed by atoms with van der Waals surface area (Å²) in [6, 6.07) is 3.38. The number of nitrogen functional groups attached to an aromatic ring is 1. The van der Waals surface area contributed by atoms with Crippen LogP contribution >= 0.6 is 0 Å². The van der Waals surface area contributed by atoms with Gasteiger partial charge in [0.25, 0.3) is 0 Å². The first-order valence-electron chi connectivity index (χ1n) is 13.4. The van der Waals surface area contributed by atoms with Crippen molar-refractivity contribution in [1.82, 2.24) is 16.0 Å². The van der Waals surface area contributed by atoms with Gasteiger partial charge < -0.3 is 49.9 Å². The Bertz CT molecular complexity index is 1140. The topological polar surface area (TPSA) is 295 Å². The van der Waals surface area contributed by atoms with Crippen LogP contribution < -0.4 is 49.9 Å². The van der Waals surface area contributed by atoms with E-state index < -0.39 is 41.8 Å². The molecule has 0 fully saturated rings. The maximum atomic E-state index is 13.4. The quantitative estimate of drug-likeness (QED) is 0.0554. The second kappa shape index (κ2) is 17.7. The molecule has 0 aliphatic heterocycles. The minimum absolute atomic E-state index is 0.0861. The average molecular weight is 589 g/mol. The molecular weight excluding hydrogens is 544 g/mol. The Morgan fingerprint density at radius 2 is 1.26 bits per heavy atom. The van der Waals surface area contributed by atoms with Gasteiger partial charge in [0.1, 0.15) is 24.0 Å². The first-order chi connectivity index (χ1) is 19.7. The van der Waals surface area contributed by atoms with E-state index in [1.165, 1.54) is 6.92 Å². The number of guanidine groups is 2. The van der Waals surface area contributed by atoms with Gasteiger partial charge in [-0.1, -0.05) is 13.8 Å². The highest BCUT2D eigenvalue weighted by molar-refractivity contribution is 6.00. The summed E-state index contributed by atoms with van der Waals surface area (Å²) in [7, 11) is 0. The van der Waals surface area contributed by atoms with Crippen LogP contribution in [0.3, 0.4) is 0 Å². The average Bonchev–Trinajstić information content (AvgIpc) is 2.89. The number of amidine groups is 1. The third-order valence-corrected chi connectivity index (χ3v) is 5.93. The summed E-state index contributed by atoms with van der Waals surface area (Å²) in [6.07, 6.45) is 1.20. The number of anilines is 1. The Morgan fingerprint density at radius 3 is 1.69 bits per heavy atom. The van der Waals surface area contributed by atoms with Crippen molar-refractivity contribution in [2.75, 3.05) is 18.4 Å². The lowest BCUT2D eigenvalue weighted by Crippen LogP contribution is -2.57. The highest BCUT2D eigenvalue weighted by atomic mass is 16.2. The minimum Gasteiger partial charge on any atom is -0.384 e. The first-order valence-corrected chi connectivity index (χ1v) is 13.4. The fraction of sp³-hybridized carbons (Fsp3) is 0.500. The maximum absolute atomic E-state index is 13.4. The number of aliphatic imine (C=N–C) groups is 2. The van der Waals surface area contributed by atoms with Crippen LogP contribution in [0.2, 0.25) is 0 Å². The molecule has 15 N–H and O–H groups in total. The highest BCUT2D eigenvalue weighted by Gasteiger charge is 2.31. The SMILES string of the molecule is CC(=O)N[C@@H](CCCN=C(N)N)C(=O)N[C@H](C(=O)N[C@@H](CCCN=C(N)N)C(=O)Nc1ccc(C(=N)N)cc1)C(C)C. The van der Waals surface area contributed by atoms with Crippen LogP contribution in [-0.2, 0) is 19.2 Å². The number of nitrogens with two attached hydrogens (primary N) is 5. The Hall–Kier alpha value is -4.89. The largest absolute Gasteiger partial charge is 0.384 e. The molecule has 1 aromatic rings. The van der Waals surface area contributed by atoms with E-state index in [0.717, 1.165) is 0 Å². The van der Waals surface area contributed by atoms with Crippen LogP contribution in [0.25, 0.3) is 0 Å². The van der Waals surface area contributed by atoms with Gasteiger partial charge in [-0.05, 0) is 55.9 Å². The zero-order valence-corrected chi connectivity index (χ0v) is 24.3. The number of amides is 4. The molecular formula is C26H44N12O4. The van der Waals surface area contributed by atoms with Gasteiger partial charge in [-0.25, -0.2) is 0 Å². The van der Waals surface area contributed by atoms with E-state index in [-0.39, 0.29) is 49.6 Å². The van der Waals surface area contributed by atoms with Crippen LogP contribution in [0.15, 0.2) is 34.3 Å². The number of carbonyl (C=O) groups excluding carboxylic acids is 4. The van der Waals surface area contributed by atoms with Crippen molar-refractivity contribution in [2.45, 2.75) is 64.6 Å². The maximum Gasteiger partial charge on any atom is 0.246 e. The Morgan fingerprint density at radius 1 is 0.762 bits per heavy atom. The fourth-order valence-corrected chi connectivity index (χ4v) is 3.80. The van der Waals surface area contributed by atoms with Crippen molar-refractivity contribution < 1.29 is 19.2 Å². The second-order valence-corrected chi connectivity index (χ2v) is 9.92. The van der Waals surface area contributed by atoms with Gasteiger partial charge in [-0.3, -0.25) is 34.6 Å². The standard InChI is InChI=1S/C26H44N12O4/c1-14(2)20(38-23(41)18(35-15(3)39)6-4-12-33-25(29)30)24(42)37-19(7-5-13-34-26(31)32)22(40)36-17-10-8-16(9-11-17)21(27)28/h8-11,14,18-20H,4-7,12-13H2,1-3H3,(H3,27,28)(H,35,39)(H,36,40)(H,37,42)(H,38,41)(H4,29,30,33)(H4,31,32,34)/t18-,19-,20-/m0/s1. The summed E-state index contributed by atoms with van der Waals surface area (Å²) in [6.45, 7) is 5.25. The van der Waals surface area contributed by atoms with Gasteiger partial charge in [-0.2, -0.15) is 0 Å². The van der Waals surface area contributed by atoms with E-state index in [1.54, 1.807) is 38.1 Å². The number of nitrogens with zero attached hydrogens (tertiary/aromatic N) is 2. The fourth-order valence-electron chi connectivity index (χ4n) is 3.80. The van der Waals surface area contributed by atoms with Crippen LogP contribution in [0.4, 0.5) is 5.69 Å². The Kier molecular flexibility index (Phi) is 14.8. The van der Waals surface area contributed by atoms with Gasteiger partial charge in [0.05, 0.1) is 0 Å². The number of hydrogen-bond donors (Lipinski definition) is 10. The van der Waals surface area contributed by atoms with Gasteiger partial charge in [0.2, 0.25) is 23.6 Å². The van der Waals surface area contributed by atoms with Crippen molar-refractivity contribution in [3.63, 3.8) is 0 Å². The van der Waals surface area contributed by atoms with Crippen LogP contribution in [0.5, 0.6) is 0 Å². The van der Waals surface area contributed by atoms with Gasteiger partial charge in [0.15, 0.2) is 11.9 Å². The third-order valence-electron chi connectivity index (χ3n) is 5.93. The molecule has 0 spiro atoms. The second-order valence-electron chi connectivity index (χ2n) is 9.92. The summed E-state index contributed by atoms with van der Waals surface area (Å²) in [5.41, 5.74) is 27.8. The zero-order valence-electron chi connectivity index (χ0n) is 24.3. The molecule has 232 valence electrons. The molecule has 4 amide bonds. The summed E-state index contributed by atoms with van der Waals surface area (Å²) in [5, 5.41) is 18.2. The molecule has 1 rings (SSSR count). The molecule has 16 nitrogen and oxygen atoms in total. The lowest BCUT2D eigenvalue weighted by Gasteiger charge is -2.27. The molecule has 42 heavy (non-hydrogen) atoms. The van der Waals surface area contributed by atoms with Crippen molar-refractivity contribution in [2.24, 2.45) is 44.6 Å². The molecule has 0 saturated heterocycles. The number of hydrogen-bond acceptors (Lipinski definition) is 7. The van der Waals surface area contributed by atoms with Crippen molar-refractivity contribution in [1.29, 1.82) is 5.41 Å². The number of benzene rings is 1. The number of carbonyl (C=O) groups is 4. The zero-order chi connectivity index (χ0) is 31.8. The van der Waals surface area contributed by atoms with Gasteiger partial charge in [0, 0.05) is 31.3 Å². The molecule has 0 heterocycles. The summed E-state index contributed by atoms with van der Waals surface area (Å²) in [4.78, 5) is 59.2. The lowest BCUT2D eigenvalue weighted by molar-refractivity contribution is -0.133. The molecule has 1 aromatic carbocycles. The molecule has 0 aromatic heterocycles. The van der Waals surface area contributed by atoms with E-state index >= 15 is 0 Å². The number of nitrogens with one attached hydrogen (secondary N) is 5. The van der Waals surface area contributed by atoms with Crippen molar-refractivity contribution in [3.05, 3.63) is 29.8 Å². The molecule has 0 saturated carbocycles. The predicted octanol–water partition coefficient (Wildman–Crippen LogP) is -1.85. The van der Waals surface area contributed by atoms with E-state index in [2.05, 4.69) is 31.3 Å². The monoisotopic (exact) mass is 588 g/mol. The van der Waals surface area contributed by atoms with Crippen LogP contribution in [-0.4, -0.2) is 72.6 Å². The molecule has 0 radical (unpaired) electrons. The molecule has 0 aliphatic rings. The smallest absolute Gasteiger partial charge is 0.246 e. The predicted molar refractivity (Wildman–Crippen MR) is 162 cm³/mol. The molecule has 16 heteroatoms. The summed E-state index contributed by atoms with van der Waals surface area (Å²) >= 11 is 0. The van der Waals surface area contributed by atoms with Gasteiger partial charge >= 0.3 is 0 Å². The lowest BCUT2D eigenvalue weighted by atomic mass is 10.0. The first kappa shape index (κ1) is 35.1. The Balaban J connectivity index is 3.05. The van der Waals surface area contributed by atoms with Gasteiger partial charge in [-0.15, -0.1) is 0 Å². The Labute approximate surface area is 245 Å².